The first kappa shape index (κ1) is 11.7. The van der Waals surface area contributed by atoms with E-state index in [9.17, 15) is 4.79 Å². The lowest BCUT2D eigenvalue weighted by Crippen LogP contribution is -2.08. The van der Waals surface area contributed by atoms with Crippen LogP contribution in [0.1, 0.15) is 11.1 Å². The molecule has 1 N–H and O–H groups in total. The van der Waals surface area contributed by atoms with E-state index < -0.39 is 0 Å². The second-order valence-corrected chi connectivity index (χ2v) is 4.97. The summed E-state index contributed by atoms with van der Waals surface area (Å²) >= 11 is 0. The average Bonchev–Trinajstić information content (AvgIpc) is 2.40. The Morgan fingerprint density at radius 2 is 1.53 bits per heavy atom. The van der Waals surface area contributed by atoms with Gasteiger partial charge in [0.15, 0.2) is 0 Å². The summed E-state index contributed by atoms with van der Waals surface area (Å²) < 4.78 is 0. The van der Waals surface area contributed by atoms with Crippen LogP contribution in [0, 0.1) is 13.8 Å². The topological polar surface area (TPSA) is 32.9 Å². The van der Waals surface area contributed by atoms with Gasteiger partial charge in [0.1, 0.15) is 0 Å². The average molecular weight is 249 g/mol. The van der Waals surface area contributed by atoms with Crippen molar-refractivity contribution in [1.82, 2.24) is 4.98 Å². The maximum atomic E-state index is 12.1. The number of aromatic amines is 1. The molecule has 0 bridgehead atoms. The third-order valence-corrected chi connectivity index (χ3v) is 3.36. The van der Waals surface area contributed by atoms with E-state index in [1.165, 1.54) is 11.1 Å². The van der Waals surface area contributed by atoms with Crippen LogP contribution in [0.4, 0.5) is 0 Å². The molecule has 1 aromatic heterocycles. The lowest BCUT2D eigenvalue weighted by molar-refractivity contribution is 1.30. The fourth-order valence-electron chi connectivity index (χ4n) is 2.27. The molecule has 2 aromatic carbocycles. The first-order valence-electron chi connectivity index (χ1n) is 6.34. The molecule has 0 atom stereocenters. The number of nitrogens with one attached hydrogen (secondary N) is 1. The van der Waals surface area contributed by atoms with Crippen LogP contribution in [-0.2, 0) is 0 Å². The summed E-state index contributed by atoms with van der Waals surface area (Å²) in [4.78, 5) is 15.1. The Kier molecular flexibility index (Phi) is 2.71. The van der Waals surface area contributed by atoms with Crippen LogP contribution in [0.2, 0.25) is 0 Å². The van der Waals surface area contributed by atoms with E-state index in [-0.39, 0.29) is 5.56 Å². The molecule has 94 valence electrons. The van der Waals surface area contributed by atoms with Gasteiger partial charge in [0.25, 0.3) is 5.56 Å². The van der Waals surface area contributed by atoms with Crippen molar-refractivity contribution in [2.24, 2.45) is 0 Å². The van der Waals surface area contributed by atoms with Crippen LogP contribution in [0.3, 0.4) is 0 Å². The predicted molar refractivity (Wildman–Crippen MR) is 79.5 cm³/mol. The Morgan fingerprint density at radius 3 is 2.26 bits per heavy atom. The fraction of sp³-hybridized carbons (Fsp3) is 0.118. The number of hydrogen-bond acceptors (Lipinski definition) is 1. The molecule has 0 aliphatic carbocycles. The molecule has 0 aliphatic heterocycles. The van der Waals surface area contributed by atoms with Gasteiger partial charge in [-0.2, -0.15) is 0 Å². The zero-order valence-electron chi connectivity index (χ0n) is 11.0. The van der Waals surface area contributed by atoms with Gasteiger partial charge in [-0.05, 0) is 43.0 Å². The van der Waals surface area contributed by atoms with E-state index in [2.05, 4.69) is 18.0 Å². The molecular formula is C17H15NO. The number of fused-ring (bicyclic) bond motifs is 1. The van der Waals surface area contributed by atoms with Gasteiger partial charge in [0.05, 0.1) is 0 Å². The Hall–Kier alpha value is -2.35. The second-order valence-electron chi connectivity index (χ2n) is 4.97. The normalized spacial score (nSPS) is 10.8. The van der Waals surface area contributed by atoms with Crippen LogP contribution in [0.15, 0.2) is 53.3 Å². The minimum Gasteiger partial charge on any atom is -0.321 e. The van der Waals surface area contributed by atoms with Crippen molar-refractivity contribution in [3.63, 3.8) is 0 Å². The number of aryl methyl sites for hydroxylation is 2. The highest BCUT2D eigenvalue weighted by Crippen LogP contribution is 2.20. The van der Waals surface area contributed by atoms with Crippen molar-refractivity contribution in [2.45, 2.75) is 13.8 Å². The van der Waals surface area contributed by atoms with Gasteiger partial charge in [-0.1, -0.05) is 41.5 Å². The van der Waals surface area contributed by atoms with Gasteiger partial charge in [-0.25, -0.2) is 0 Å². The molecule has 3 rings (SSSR count). The van der Waals surface area contributed by atoms with Crippen molar-refractivity contribution >= 4 is 10.9 Å². The van der Waals surface area contributed by atoms with Crippen LogP contribution >= 0.6 is 0 Å². The van der Waals surface area contributed by atoms with E-state index in [0.29, 0.717) is 0 Å². The molecule has 0 unspecified atom stereocenters. The standard InChI is InChI=1S/C17H15NO/c1-11-3-6-13(7-4-11)15-10-14-9-12(2)5-8-16(14)18-17(15)19/h3-10H,1-2H3,(H,18,19). The monoisotopic (exact) mass is 249 g/mol. The summed E-state index contributed by atoms with van der Waals surface area (Å²) in [6.07, 6.45) is 0. The number of hydrogen-bond donors (Lipinski definition) is 1. The van der Waals surface area contributed by atoms with Gasteiger partial charge in [-0.3, -0.25) is 4.79 Å². The van der Waals surface area contributed by atoms with E-state index >= 15 is 0 Å². The Bertz CT molecular complexity index is 798. The van der Waals surface area contributed by atoms with Gasteiger partial charge in [0.2, 0.25) is 0 Å². The molecule has 0 fully saturated rings. The Balaban J connectivity index is 2.26. The summed E-state index contributed by atoms with van der Waals surface area (Å²) in [6.45, 7) is 4.09. The quantitative estimate of drug-likeness (QED) is 0.699. The van der Waals surface area contributed by atoms with Crippen LogP contribution < -0.4 is 5.56 Å². The Morgan fingerprint density at radius 1 is 0.842 bits per heavy atom. The molecule has 2 nitrogen and oxygen atoms in total. The predicted octanol–water partition coefficient (Wildman–Crippen LogP) is 3.81. The zero-order valence-corrected chi connectivity index (χ0v) is 11.0. The minimum atomic E-state index is -0.0415. The summed E-state index contributed by atoms with van der Waals surface area (Å²) in [5.41, 5.74) is 4.89. The SMILES string of the molecule is Cc1ccc(-c2cc3cc(C)ccc3[nH]c2=O)cc1. The van der Waals surface area contributed by atoms with Crippen molar-refractivity contribution in [2.75, 3.05) is 0 Å². The lowest BCUT2D eigenvalue weighted by Gasteiger charge is -2.05. The maximum absolute atomic E-state index is 12.1. The first-order valence-corrected chi connectivity index (χ1v) is 6.34. The molecule has 2 heteroatoms. The maximum Gasteiger partial charge on any atom is 0.256 e. The number of rotatable bonds is 1. The summed E-state index contributed by atoms with van der Waals surface area (Å²) in [5, 5.41) is 1.06. The number of H-pyrrole nitrogens is 1. The molecule has 0 amide bonds. The van der Waals surface area contributed by atoms with Gasteiger partial charge < -0.3 is 4.98 Å². The third-order valence-electron chi connectivity index (χ3n) is 3.36. The zero-order chi connectivity index (χ0) is 13.4. The highest BCUT2D eigenvalue weighted by molar-refractivity contribution is 5.84. The molecule has 3 aromatic rings. The third kappa shape index (κ3) is 2.17. The molecule has 0 saturated carbocycles. The molecule has 0 aliphatic rings. The van der Waals surface area contributed by atoms with E-state index in [4.69, 9.17) is 0 Å². The summed E-state index contributed by atoms with van der Waals surface area (Å²) in [6, 6.07) is 16.0. The smallest absolute Gasteiger partial charge is 0.256 e. The largest absolute Gasteiger partial charge is 0.321 e. The first-order chi connectivity index (χ1) is 9.13. The van der Waals surface area contributed by atoms with Gasteiger partial charge in [0, 0.05) is 11.1 Å². The summed E-state index contributed by atoms with van der Waals surface area (Å²) in [7, 11) is 0. The van der Waals surface area contributed by atoms with Crippen LogP contribution in [0.5, 0.6) is 0 Å². The van der Waals surface area contributed by atoms with Crippen LogP contribution in [0.25, 0.3) is 22.0 Å². The molecule has 1 heterocycles. The summed E-state index contributed by atoms with van der Waals surface area (Å²) in [5.74, 6) is 0. The van der Waals surface area contributed by atoms with Gasteiger partial charge in [-0.15, -0.1) is 0 Å². The fourth-order valence-corrected chi connectivity index (χ4v) is 2.27. The van der Waals surface area contributed by atoms with Crippen molar-refractivity contribution in [3.8, 4) is 11.1 Å². The number of pyridine rings is 1. The number of benzene rings is 2. The van der Waals surface area contributed by atoms with Crippen molar-refractivity contribution < 1.29 is 0 Å². The Labute approximate surface area is 111 Å². The van der Waals surface area contributed by atoms with Crippen molar-refractivity contribution in [3.05, 3.63) is 70.0 Å². The minimum absolute atomic E-state index is 0.0415. The molecular weight excluding hydrogens is 234 g/mol. The van der Waals surface area contributed by atoms with Crippen molar-refractivity contribution in [1.29, 1.82) is 0 Å². The van der Waals surface area contributed by atoms with E-state index in [1.54, 1.807) is 0 Å². The molecule has 0 spiro atoms. The number of aromatic nitrogens is 1. The van der Waals surface area contributed by atoms with E-state index in [0.717, 1.165) is 22.0 Å². The second kappa shape index (κ2) is 4.39. The van der Waals surface area contributed by atoms with Gasteiger partial charge >= 0.3 is 0 Å². The molecule has 0 radical (unpaired) electrons. The highest BCUT2D eigenvalue weighted by atomic mass is 16.1. The highest BCUT2D eigenvalue weighted by Gasteiger charge is 2.05. The molecule has 19 heavy (non-hydrogen) atoms. The van der Waals surface area contributed by atoms with E-state index in [1.807, 2.05) is 49.4 Å². The van der Waals surface area contributed by atoms with Crippen LogP contribution in [-0.4, -0.2) is 4.98 Å². The molecule has 0 saturated heterocycles. The lowest BCUT2D eigenvalue weighted by atomic mass is 10.0.